The van der Waals surface area contributed by atoms with Crippen LogP contribution in [0.25, 0.3) is 0 Å². The molecular formula is C15H22Cl2N2O2. The van der Waals surface area contributed by atoms with E-state index in [1.807, 2.05) is 20.8 Å². The maximum atomic E-state index is 12.0. The first-order valence-electron chi connectivity index (χ1n) is 6.93. The lowest BCUT2D eigenvalue weighted by Gasteiger charge is -2.22. The Balaban J connectivity index is 2.84. The summed E-state index contributed by atoms with van der Waals surface area (Å²) in [6.45, 7) is 7.26. The van der Waals surface area contributed by atoms with Gasteiger partial charge >= 0.3 is 0 Å². The van der Waals surface area contributed by atoms with Crippen molar-refractivity contribution < 1.29 is 9.53 Å². The summed E-state index contributed by atoms with van der Waals surface area (Å²) in [6.07, 6.45) is 0. The standard InChI is InChI=1S/C15H22Cl2N2O2/c1-5-18-8-11-6-12(16)7-13(17)15(11)21-9-14(20)19(4)10(2)3/h6-7,10,18H,5,8-9H2,1-4H3. The van der Waals surface area contributed by atoms with Gasteiger partial charge in [-0.15, -0.1) is 0 Å². The Bertz CT molecular complexity index is 493. The normalized spacial score (nSPS) is 10.8. The third-order valence-corrected chi connectivity index (χ3v) is 3.66. The van der Waals surface area contributed by atoms with Gasteiger partial charge in [-0.25, -0.2) is 0 Å². The van der Waals surface area contributed by atoms with Gasteiger partial charge < -0.3 is 15.0 Å². The topological polar surface area (TPSA) is 41.6 Å². The number of hydrogen-bond acceptors (Lipinski definition) is 3. The molecule has 118 valence electrons. The first kappa shape index (κ1) is 18.1. The average molecular weight is 333 g/mol. The van der Waals surface area contributed by atoms with Gasteiger partial charge in [0.2, 0.25) is 0 Å². The van der Waals surface area contributed by atoms with Crippen molar-refractivity contribution in [1.29, 1.82) is 0 Å². The second-order valence-corrected chi connectivity index (χ2v) is 5.89. The van der Waals surface area contributed by atoms with Crippen molar-refractivity contribution in [3.8, 4) is 5.75 Å². The summed E-state index contributed by atoms with van der Waals surface area (Å²) in [5, 5.41) is 4.15. The molecule has 0 aliphatic heterocycles. The number of ether oxygens (including phenoxy) is 1. The Morgan fingerprint density at radius 3 is 2.62 bits per heavy atom. The molecule has 1 rings (SSSR count). The van der Waals surface area contributed by atoms with Gasteiger partial charge in [0.1, 0.15) is 5.75 Å². The number of carbonyl (C=O) groups is 1. The lowest BCUT2D eigenvalue weighted by molar-refractivity contribution is -0.133. The van der Waals surface area contributed by atoms with E-state index in [0.717, 1.165) is 12.1 Å². The fraction of sp³-hybridized carbons (Fsp3) is 0.533. The monoisotopic (exact) mass is 332 g/mol. The van der Waals surface area contributed by atoms with Crippen LogP contribution in [0.3, 0.4) is 0 Å². The van der Waals surface area contributed by atoms with E-state index in [-0.39, 0.29) is 18.6 Å². The van der Waals surface area contributed by atoms with Crippen molar-refractivity contribution >= 4 is 29.1 Å². The van der Waals surface area contributed by atoms with Crippen molar-refractivity contribution in [1.82, 2.24) is 10.2 Å². The summed E-state index contributed by atoms with van der Waals surface area (Å²) in [7, 11) is 1.75. The summed E-state index contributed by atoms with van der Waals surface area (Å²) < 4.78 is 5.63. The number of benzene rings is 1. The first-order chi connectivity index (χ1) is 9.86. The Hall–Kier alpha value is -0.970. The van der Waals surface area contributed by atoms with Gasteiger partial charge in [-0.1, -0.05) is 30.1 Å². The van der Waals surface area contributed by atoms with Gasteiger partial charge in [0.05, 0.1) is 5.02 Å². The molecule has 4 nitrogen and oxygen atoms in total. The maximum Gasteiger partial charge on any atom is 0.260 e. The largest absolute Gasteiger partial charge is 0.482 e. The SMILES string of the molecule is CCNCc1cc(Cl)cc(Cl)c1OCC(=O)N(C)C(C)C. The van der Waals surface area contributed by atoms with Crippen molar-refractivity contribution in [3.63, 3.8) is 0 Å². The molecule has 0 radical (unpaired) electrons. The van der Waals surface area contributed by atoms with E-state index in [1.165, 1.54) is 0 Å². The summed E-state index contributed by atoms with van der Waals surface area (Å²) in [6, 6.07) is 3.54. The molecule has 1 aromatic rings. The van der Waals surface area contributed by atoms with E-state index in [9.17, 15) is 4.79 Å². The van der Waals surface area contributed by atoms with Gasteiger partial charge in [-0.05, 0) is 32.5 Å². The number of nitrogens with one attached hydrogen (secondary N) is 1. The third-order valence-electron chi connectivity index (χ3n) is 3.16. The lowest BCUT2D eigenvalue weighted by Crippen LogP contribution is -2.36. The molecule has 1 aromatic carbocycles. The molecule has 0 unspecified atom stereocenters. The van der Waals surface area contributed by atoms with E-state index in [1.54, 1.807) is 24.1 Å². The fourth-order valence-electron chi connectivity index (χ4n) is 1.69. The first-order valence-corrected chi connectivity index (χ1v) is 7.69. The van der Waals surface area contributed by atoms with E-state index < -0.39 is 0 Å². The zero-order valence-electron chi connectivity index (χ0n) is 12.9. The van der Waals surface area contributed by atoms with Crippen LogP contribution in [0, 0.1) is 0 Å². The highest BCUT2D eigenvalue weighted by Gasteiger charge is 2.16. The average Bonchev–Trinajstić information content (AvgIpc) is 2.42. The smallest absolute Gasteiger partial charge is 0.260 e. The summed E-state index contributed by atoms with van der Waals surface area (Å²) >= 11 is 12.2. The molecule has 21 heavy (non-hydrogen) atoms. The highest BCUT2D eigenvalue weighted by atomic mass is 35.5. The zero-order valence-corrected chi connectivity index (χ0v) is 14.4. The van der Waals surface area contributed by atoms with Crippen LogP contribution in [-0.4, -0.2) is 37.0 Å². The highest BCUT2D eigenvalue weighted by Crippen LogP contribution is 2.32. The van der Waals surface area contributed by atoms with Gasteiger partial charge in [-0.2, -0.15) is 0 Å². The number of amides is 1. The molecule has 1 amide bonds. The fourth-order valence-corrected chi connectivity index (χ4v) is 2.28. The quantitative estimate of drug-likeness (QED) is 0.832. The zero-order chi connectivity index (χ0) is 16.0. The van der Waals surface area contributed by atoms with Gasteiger partial charge in [0.25, 0.3) is 5.91 Å². The summed E-state index contributed by atoms with van der Waals surface area (Å²) in [5.41, 5.74) is 0.842. The minimum atomic E-state index is -0.0922. The van der Waals surface area contributed by atoms with Crippen molar-refractivity contribution in [3.05, 3.63) is 27.7 Å². The van der Waals surface area contributed by atoms with Crippen molar-refractivity contribution in [2.75, 3.05) is 20.2 Å². The number of hydrogen-bond donors (Lipinski definition) is 1. The molecule has 6 heteroatoms. The molecule has 0 spiro atoms. The molecule has 0 aromatic heterocycles. The number of nitrogens with zero attached hydrogens (tertiary/aromatic N) is 1. The minimum absolute atomic E-state index is 0.0465. The molecule has 1 N–H and O–H groups in total. The Morgan fingerprint density at radius 1 is 1.38 bits per heavy atom. The molecule has 0 heterocycles. The highest BCUT2D eigenvalue weighted by molar-refractivity contribution is 6.35. The predicted molar refractivity (Wildman–Crippen MR) is 87.2 cm³/mol. The second-order valence-electron chi connectivity index (χ2n) is 5.04. The van der Waals surface area contributed by atoms with E-state index >= 15 is 0 Å². The second kappa shape index (κ2) is 8.47. The number of carbonyl (C=O) groups excluding carboxylic acids is 1. The molecule has 0 saturated heterocycles. The van der Waals surface area contributed by atoms with Gasteiger partial charge in [0, 0.05) is 30.2 Å². The van der Waals surface area contributed by atoms with Crippen LogP contribution >= 0.6 is 23.2 Å². The lowest BCUT2D eigenvalue weighted by atomic mass is 10.2. The molecule has 0 aliphatic carbocycles. The van der Waals surface area contributed by atoms with Crippen molar-refractivity contribution in [2.45, 2.75) is 33.4 Å². The molecule has 0 fully saturated rings. The van der Waals surface area contributed by atoms with Crippen LogP contribution in [0.15, 0.2) is 12.1 Å². The molecule has 0 atom stereocenters. The predicted octanol–water partition coefficient (Wildman–Crippen LogP) is 3.35. The van der Waals surface area contributed by atoms with E-state index in [0.29, 0.717) is 22.3 Å². The number of rotatable bonds is 7. The summed E-state index contributed by atoms with van der Waals surface area (Å²) in [5.74, 6) is 0.415. The molecular weight excluding hydrogens is 311 g/mol. The number of halogens is 2. The third kappa shape index (κ3) is 5.38. The Labute approximate surface area is 136 Å². The van der Waals surface area contributed by atoms with Crippen molar-refractivity contribution in [2.24, 2.45) is 0 Å². The van der Waals surface area contributed by atoms with Crippen LogP contribution in [0.2, 0.25) is 10.0 Å². The number of likely N-dealkylation sites (N-methyl/N-ethyl adjacent to an activating group) is 1. The maximum absolute atomic E-state index is 12.0. The summed E-state index contributed by atoms with van der Waals surface area (Å²) in [4.78, 5) is 13.6. The molecule has 0 aliphatic rings. The van der Waals surface area contributed by atoms with E-state index in [4.69, 9.17) is 27.9 Å². The Morgan fingerprint density at radius 2 is 2.05 bits per heavy atom. The van der Waals surface area contributed by atoms with E-state index in [2.05, 4.69) is 5.32 Å². The minimum Gasteiger partial charge on any atom is -0.482 e. The molecule has 0 saturated carbocycles. The molecule has 0 bridgehead atoms. The van der Waals surface area contributed by atoms with Gasteiger partial charge in [-0.3, -0.25) is 4.79 Å². The van der Waals surface area contributed by atoms with Crippen LogP contribution in [0.4, 0.5) is 0 Å². The Kier molecular flexibility index (Phi) is 7.29. The van der Waals surface area contributed by atoms with Crippen LogP contribution in [0.1, 0.15) is 26.3 Å². The van der Waals surface area contributed by atoms with Crippen LogP contribution in [-0.2, 0) is 11.3 Å². The van der Waals surface area contributed by atoms with Gasteiger partial charge in [0.15, 0.2) is 6.61 Å². The van der Waals surface area contributed by atoms with Crippen LogP contribution in [0.5, 0.6) is 5.75 Å². The van der Waals surface area contributed by atoms with Crippen LogP contribution < -0.4 is 10.1 Å².